The van der Waals surface area contributed by atoms with Crippen molar-refractivity contribution in [1.82, 2.24) is 0 Å². The molecule has 0 aromatic heterocycles. The van der Waals surface area contributed by atoms with E-state index in [4.69, 9.17) is 23.7 Å². The van der Waals surface area contributed by atoms with Gasteiger partial charge >= 0.3 is 5.97 Å². The van der Waals surface area contributed by atoms with Crippen LogP contribution in [0.3, 0.4) is 0 Å². The van der Waals surface area contributed by atoms with Crippen molar-refractivity contribution in [1.29, 1.82) is 0 Å². The zero-order valence-electron chi connectivity index (χ0n) is 20.3. The average Bonchev–Trinajstić information content (AvgIpc) is 3.38. The molecule has 0 bridgehead atoms. The summed E-state index contributed by atoms with van der Waals surface area (Å²) in [6.45, 7) is 1.57. The number of rotatable bonds is 10. The van der Waals surface area contributed by atoms with Crippen LogP contribution < -0.4 is 0 Å². The Hall–Kier alpha value is -1.47. The summed E-state index contributed by atoms with van der Waals surface area (Å²) in [5, 5.41) is 0. The van der Waals surface area contributed by atoms with E-state index in [0.29, 0.717) is 12.3 Å². The molecule has 2 unspecified atom stereocenters. The lowest BCUT2D eigenvalue weighted by atomic mass is 9.86. The molecule has 0 amide bonds. The summed E-state index contributed by atoms with van der Waals surface area (Å²) in [7, 11) is 0. The van der Waals surface area contributed by atoms with Crippen molar-refractivity contribution in [2.24, 2.45) is 11.8 Å². The van der Waals surface area contributed by atoms with Gasteiger partial charge in [0.1, 0.15) is 6.10 Å². The highest BCUT2D eigenvalue weighted by molar-refractivity contribution is 5.72. The summed E-state index contributed by atoms with van der Waals surface area (Å²) in [6, 6.07) is 10.6. The van der Waals surface area contributed by atoms with Crippen LogP contribution in [-0.4, -0.2) is 50.1 Å². The first kappa shape index (κ1) is 24.2. The zero-order valence-corrected chi connectivity index (χ0v) is 20.3. The molecule has 1 saturated carbocycles. The van der Waals surface area contributed by atoms with E-state index in [0.717, 1.165) is 77.4 Å². The molecule has 3 heterocycles. The fourth-order valence-electron chi connectivity index (χ4n) is 6.19. The van der Waals surface area contributed by atoms with Gasteiger partial charge in [0.05, 0.1) is 18.6 Å². The molecule has 1 aromatic carbocycles. The van der Waals surface area contributed by atoms with Crippen molar-refractivity contribution in [2.45, 2.75) is 108 Å². The van der Waals surface area contributed by atoms with E-state index in [1.165, 1.54) is 12.0 Å². The molecule has 4 fully saturated rings. The third-order valence-corrected chi connectivity index (χ3v) is 8.02. The van der Waals surface area contributed by atoms with E-state index in [1.54, 1.807) is 0 Å². The van der Waals surface area contributed by atoms with Crippen LogP contribution in [0.25, 0.3) is 0 Å². The van der Waals surface area contributed by atoms with E-state index >= 15 is 0 Å². The highest BCUT2D eigenvalue weighted by Gasteiger charge is 2.51. The van der Waals surface area contributed by atoms with Crippen LogP contribution in [0.5, 0.6) is 0 Å². The smallest absolute Gasteiger partial charge is 0.306 e. The standard InChI is InChI=1S/C28H40O6/c29-26-18-23-22(24(19-25(23)33-26)34-28-11-5-7-17-31-28)15-14-21(32-27-10-4-6-16-30-27)13-12-20-8-2-1-3-9-20/h1-3,8-9,21-25,27-28H,4-7,10-19H2/t21-,22+,23+,24-,25-,27?,28?/m0/s1. The van der Waals surface area contributed by atoms with Gasteiger partial charge in [-0.15, -0.1) is 0 Å². The third kappa shape index (κ3) is 6.39. The molecule has 0 N–H and O–H groups in total. The number of ether oxygens (including phenoxy) is 5. The predicted octanol–water partition coefficient (Wildman–Crippen LogP) is 5.17. The lowest BCUT2D eigenvalue weighted by molar-refractivity contribution is -0.201. The molecule has 3 saturated heterocycles. The van der Waals surface area contributed by atoms with Crippen LogP contribution >= 0.6 is 0 Å². The average molecular weight is 473 g/mol. The SMILES string of the molecule is O=C1C[C@@H]2[C@@H](CC[C@H](CCc3ccccc3)OC3CCCCO3)[C@@H](OC3CCCCO3)C[C@@H]2O1. The summed E-state index contributed by atoms with van der Waals surface area (Å²) < 4.78 is 30.4. The molecule has 1 aromatic rings. The second-order valence-electron chi connectivity index (χ2n) is 10.4. The molecule has 0 radical (unpaired) electrons. The molecule has 0 spiro atoms. The normalized spacial score (nSPS) is 34.5. The molecular formula is C28H40O6. The topological polar surface area (TPSA) is 63.2 Å². The van der Waals surface area contributed by atoms with E-state index in [-0.39, 0.29) is 42.8 Å². The summed E-state index contributed by atoms with van der Waals surface area (Å²) in [4.78, 5) is 12.0. The molecule has 6 heteroatoms. The van der Waals surface area contributed by atoms with Gasteiger partial charge in [-0.05, 0) is 75.7 Å². The fourth-order valence-corrected chi connectivity index (χ4v) is 6.19. The minimum atomic E-state index is -0.114. The van der Waals surface area contributed by atoms with Crippen molar-refractivity contribution >= 4 is 5.97 Å². The van der Waals surface area contributed by atoms with E-state index in [2.05, 4.69) is 30.3 Å². The predicted molar refractivity (Wildman–Crippen MR) is 127 cm³/mol. The lowest BCUT2D eigenvalue weighted by Crippen LogP contribution is -2.33. The van der Waals surface area contributed by atoms with Crippen molar-refractivity contribution in [3.8, 4) is 0 Å². The Kier molecular flexibility index (Phi) is 8.54. The number of esters is 1. The van der Waals surface area contributed by atoms with Crippen LogP contribution in [0.2, 0.25) is 0 Å². The van der Waals surface area contributed by atoms with E-state index < -0.39 is 0 Å². The second kappa shape index (κ2) is 12.0. The minimum absolute atomic E-state index is 0.00328. The fraction of sp³-hybridized carbons (Fsp3) is 0.750. The first-order valence-corrected chi connectivity index (χ1v) is 13.5. The minimum Gasteiger partial charge on any atom is -0.462 e. The van der Waals surface area contributed by atoms with Crippen molar-refractivity contribution < 1.29 is 28.5 Å². The Morgan fingerprint density at radius 3 is 2.44 bits per heavy atom. The lowest BCUT2D eigenvalue weighted by Gasteiger charge is -2.32. The maximum Gasteiger partial charge on any atom is 0.306 e. The summed E-state index contributed by atoms with van der Waals surface area (Å²) in [6.07, 6.45) is 11.7. The monoisotopic (exact) mass is 472 g/mol. The van der Waals surface area contributed by atoms with Gasteiger partial charge in [0, 0.05) is 25.6 Å². The maximum absolute atomic E-state index is 12.0. The Morgan fingerprint density at radius 1 is 0.941 bits per heavy atom. The molecule has 188 valence electrons. The Balaban J connectivity index is 1.22. The first-order valence-electron chi connectivity index (χ1n) is 13.5. The number of fused-ring (bicyclic) bond motifs is 1. The number of carbonyl (C=O) groups is 1. The largest absolute Gasteiger partial charge is 0.462 e. The summed E-state index contributed by atoms with van der Waals surface area (Å²) in [5.41, 5.74) is 1.34. The van der Waals surface area contributed by atoms with Crippen LogP contribution in [0, 0.1) is 11.8 Å². The molecule has 7 atom stereocenters. The number of benzene rings is 1. The first-order chi connectivity index (χ1) is 16.7. The van der Waals surface area contributed by atoms with Gasteiger partial charge in [-0.1, -0.05) is 30.3 Å². The number of hydrogen-bond donors (Lipinski definition) is 0. The van der Waals surface area contributed by atoms with Crippen LogP contribution in [0.4, 0.5) is 0 Å². The molecular weight excluding hydrogens is 432 g/mol. The van der Waals surface area contributed by atoms with Crippen LogP contribution in [0.15, 0.2) is 30.3 Å². The number of hydrogen-bond acceptors (Lipinski definition) is 6. The molecule has 3 aliphatic heterocycles. The highest BCUT2D eigenvalue weighted by Crippen LogP contribution is 2.46. The Morgan fingerprint density at radius 2 is 1.71 bits per heavy atom. The number of carbonyl (C=O) groups excluding carboxylic acids is 1. The molecule has 34 heavy (non-hydrogen) atoms. The van der Waals surface area contributed by atoms with Crippen LogP contribution in [0.1, 0.15) is 76.2 Å². The Labute approximate surface area is 203 Å². The maximum atomic E-state index is 12.0. The van der Waals surface area contributed by atoms with Gasteiger partial charge in [0.15, 0.2) is 12.6 Å². The third-order valence-electron chi connectivity index (χ3n) is 8.02. The van der Waals surface area contributed by atoms with E-state index in [1.807, 2.05) is 0 Å². The number of aryl methyl sites for hydroxylation is 1. The quantitative estimate of drug-likeness (QED) is 0.438. The van der Waals surface area contributed by atoms with Gasteiger partial charge in [-0.25, -0.2) is 0 Å². The van der Waals surface area contributed by atoms with Gasteiger partial charge < -0.3 is 23.7 Å². The van der Waals surface area contributed by atoms with Crippen LogP contribution in [-0.2, 0) is 34.9 Å². The highest BCUT2D eigenvalue weighted by atomic mass is 16.7. The van der Waals surface area contributed by atoms with Gasteiger partial charge in [0.2, 0.25) is 0 Å². The van der Waals surface area contributed by atoms with Crippen molar-refractivity contribution in [3.63, 3.8) is 0 Å². The van der Waals surface area contributed by atoms with Gasteiger partial charge in [-0.3, -0.25) is 4.79 Å². The second-order valence-corrected chi connectivity index (χ2v) is 10.4. The van der Waals surface area contributed by atoms with Crippen molar-refractivity contribution in [2.75, 3.05) is 13.2 Å². The van der Waals surface area contributed by atoms with Gasteiger partial charge in [0.25, 0.3) is 0 Å². The molecule has 5 rings (SSSR count). The van der Waals surface area contributed by atoms with E-state index in [9.17, 15) is 4.79 Å². The zero-order chi connectivity index (χ0) is 23.2. The van der Waals surface area contributed by atoms with Gasteiger partial charge in [-0.2, -0.15) is 0 Å². The van der Waals surface area contributed by atoms with Crippen molar-refractivity contribution in [3.05, 3.63) is 35.9 Å². The molecule has 1 aliphatic carbocycles. The molecule has 4 aliphatic rings. The summed E-state index contributed by atoms with van der Waals surface area (Å²) >= 11 is 0. The summed E-state index contributed by atoms with van der Waals surface area (Å²) in [5.74, 6) is 0.499. The Bertz CT molecular complexity index is 757. The molecule has 6 nitrogen and oxygen atoms in total.